The normalized spacial score (nSPS) is 14.2. The van der Waals surface area contributed by atoms with Crippen LogP contribution >= 0.6 is 0 Å². The van der Waals surface area contributed by atoms with Crippen molar-refractivity contribution in [2.24, 2.45) is 0 Å². The Kier molecular flexibility index (Phi) is 10.2. The van der Waals surface area contributed by atoms with E-state index in [-0.39, 0.29) is 16.2 Å². The summed E-state index contributed by atoms with van der Waals surface area (Å²) in [6.07, 6.45) is -5.08. The van der Waals surface area contributed by atoms with Crippen LogP contribution in [0.25, 0.3) is 0 Å². The quantitative estimate of drug-likeness (QED) is 0.427. The van der Waals surface area contributed by atoms with E-state index in [1.807, 2.05) is 25.1 Å². The van der Waals surface area contributed by atoms with Crippen LogP contribution in [0.2, 0.25) is 0 Å². The lowest BCUT2D eigenvalue weighted by atomic mass is 9.87. The molecule has 1 fully saturated rings. The summed E-state index contributed by atoms with van der Waals surface area (Å²) in [6, 6.07) is 12.1. The van der Waals surface area contributed by atoms with Crippen LogP contribution in [-0.2, 0) is 20.2 Å². The van der Waals surface area contributed by atoms with Crippen molar-refractivity contribution in [3.63, 3.8) is 0 Å². The second kappa shape index (κ2) is 12.5. The smallest absolute Gasteiger partial charge is 0.475 e. The highest BCUT2D eigenvalue weighted by atomic mass is 32.2. The van der Waals surface area contributed by atoms with Gasteiger partial charge in [0.25, 0.3) is 15.9 Å². The zero-order valence-corrected chi connectivity index (χ0v) is 22.5. The van der Waals surface area contributed by atoms with E-state index in [2.05, 4.69) is 41.0 Å². The first-order chi connectivity index (χ1) is 17.6. The van der Waals surface area contributed by atoms with Crippen molar-refractivity contribution in [3.8, 4) is 0 Å². The van der Waals surface area contributed by atoms with Gasteiger partial charge in [-0.25, -0.2) is 13.2 Å². The SMILES string of the molecule is CCNC(=O)c1ccc(N2CCNCC2)c(NS(=O)(=O)c2ccc(C(C)(C)C)cc2)c1.O=C(O)C(F)(F)F. The summed E-state index contributed by atoms with van der Waals surface area (Å²) in [5.41, 5.74) is 2.59. The summed E-state index contributed by atoms with van der Waals surface area (Å²) in [5.74, 6) is -2.99. The van der Waals surface area contributed by atoms with Crippen LogP contribution in [0.5, 0.6) is 0 Å². The van der Waals surface area contributed by atoms with Crippen LogP contribution in [-0.4, -0.2) is 64.3 Å². The standard InChI is InChI=1S/C23H32N4O3S.C2HF3O2/c1-5-25-22(28)17-6-11-21(27-14-12-24-13-15-27)20(16-17)26-31(29,30)19-9-7-18(8-10-19)23(2,3)4;3-2(4,5)1(6)7/h6-11,16,24,26H,5,12-15H2,1-4H3,(H,25,28);(H,6,7). The number of hydrogen-bond donors (Lipinski definition) is 4. The fourth-order valence-corrected chi connectivity index (χ4v) is 4.61. The van der Waals surface area contributed by atoms with Gasteiger partial charge in [-0.3, -0.25) is 9.52 Å². The van der Waals surface area contributed by atoms with Gasteiger partial charge in [-0.05, 0) is 48.2 Å². The maximum atomic E-state index is 13.2. The number of alkyl halides is 3. The van der Waals surface area contributed by atoms with Gasteiger partial charge in [0.05, 0.1) is 16.3 Å². The number of piperazine rings is 1. The molecule has 13 heteroatoms. The molecule has 1 heterocycles. The molecule has 0 saturated carbocycles. The van der Waals surface area contributed by atoms with Crippen LogP contribution in [0.4, 0.5) is 24.5 Å². The molecule has 0 atom stereocenters. The summed E-state index contributed by atoms with van der Waals surface area (Å²) in [7, 11) is -3.82. The molecule has 2 aromatic rings. The molecule has 9 nitrogen and oxygen atoms in total. The first-order valence-electron chi connectivity index (χ1n) is 11.9. The minimum atomic E-state index is -5.08. The fraction of sp³-hybridized carbons (Fsp3) is 0.440. The lowest BCUT2D eigenvalue weighted by Gasteiger charge is -2.31. The van der Waals surface area contributed by atoms with E-state index < -0.39 is 22.2 Å². The number of carboxylic acid groups (broad SMARTS) is 1. The van der Waals surface area contributed by atoms with Crippen molar-refractivity contribution < 1.29 is 36.3 Å². The van der Waals surface area contributed by atoms with Gasteiger partial charge >= 0.3 is 12.1 Å². The topological polar surface area (TPSA) is 128 Å². The highest BCUT2D eigenvalue weighted by Crippen LogP contribution is 2.31. The Morgan fingerprint density at radius 3 is 2.05 bits per heavy atom. The van der Waals surface area contributed by atoms with Crippen LogP contribution < -0.4 is 20.3 Å². The van der Waals surface area contributed by atoms with Crippen molar-refractivity contribution in [1.29, 1.82) is 0 Å². The van der Waals surface area contributed by atoms with Crippen LogP contribution in [0.15, 0.2) is 47.4 Å². The summed E-state index contributed by atoms with van der Waals surface area (Å²) in [6.45, 7) is 11.8. The maximum Gasteiger partial charge on any atom is 0.490 e. The van der Waals surface area contributed by atoms with Crippen molar-refractivity contribution >= 4 is 33.3 Å². The maximum absolute atomic E-state index is 13.2. The Labute approximate surface area is 220 Å². The number of amides is 1. The predicted molar refractivity (Wildman–Crippen MR) is 139 cm³/mol. The number of rotatable bonds is 6. The molecule has 0 aromatic heterocycles. The van der Waals surface area contributed by atoms with Gasteiger partial charge in [0.2, 0.25) is 0 Å². The first-order valence-corrected chi connectivity index (χ1v) is 13.4. The zero-order chi connectivity index (χ0) is 28.7. The van der Waals surface area contributed by atoms with E-state index in [9.17, 15) is 26.4 Å². The number of nitrogens with zero attached hydrogens (tertiary/aromatic N) is 1. The van der Waals surface area contributed by atoms with E-state index >= 15 is 0 Å². The molecule has 3 rings (SSSR count). The number of carbonyl (C=O) groups is 2. The largest absolute Gasteiger partial charge is 0.490 e. The van der Waals surface area contributed by atoms with Gasteiger partial charge in [0.15, 0.2) is 0 Å². The molecule has 1 amide bonds. The molecule has 210 valence electrons. The minimum absolute atomic E-state index is 0.0633. The monoisotopic (exact) mass is 558 g/mol. The Balaban J connectivity index is 0.000000638. The molecule has 0 radical (unpaired) electrons. The first kappa shape index (κ1) is 30.9. The third-order valence-corrected chi connectivity index (χ3v) is 6.95. The fourth-order valence-electron chi connectivity index (χ4n) is 3.54. The van der Waals surface area contributed by atoms with Gasteiger partial charge in [-0.1, -0.05) is 32.9 Å². The van der Waals surface area contributed by atoms with Gasteiger partial charge < -0.3 is 20.6 Å². The van der Waals surface area contributed by atoms with Crippen molar-refractivity contribution in [2.75, 3.05) is 42.3 Å². The van der Waals surface area contributed by atoms with Gasteiger partial charge in [0, 0.05) is 38.3 Å². The lowest BCUT2D eigenvalue weighted by molar-refractivity contribution is -0.192. The predicted octanol–water partition coefficient (Wildman–Crippen LogP) is 3.58. The number of carboxylic acids is 1. The van der Waals surface area contributed by atoms with Gasteiger partial charge in [0.1, 0.15) is 0 Å². The highest BCUT2D eigenvalue weighted by Gasteiger charge is 2.38. The van der Waals surface area contributed by atoms with E-state index in [1.54, 1.807) is 24.3 Å². The third kappa shape index (κ3) is 8.62. The number of carbonyl (C=O) groups excluding carboxylic acids is 1. The molecule has 1 saturated heterocycles. The van der Waals surface area contributed by atoms with Gasteiger partial charge in [-0.15, -0.1) is 0 Å². The number of aliphatic carboxylic acids is 1. The summed E-state index contributed by atoms with van der Waals surface area (Å²) in [4.78, 5) is 23.5. The molecular weight excluding hydrogens is 525 g/mol. The second-order valence-electron chi connectivity index (χ2n) is 9.51. The van der Waals surface area contributed by atoms with Crippen LogP contribution in [0.1, 0.15) is 43.6 Å². The molecule has 0 aliphatic carbocycles. The Morgan fingerprint density at radius 2 is 1.58 bits per heavy atom. The van der Waals surface area contributed by atoms with E-state index in [4.69, 9.17) is 9.90 Å². The summed E-state index contributed by atoms with van der Waals surface area (Å²) < 4.78 is 60.8. The zero-order valence-electron chi connectivity index (χ0n) is 21.6. The van der Waals surface area contributed by atoms with Crippen LogP contribution in [0.3, 0.4) is 0 Å². The number of benzene rings is 2. The molecule has 0 bridgehead atoms. The Hall–Kier alpha value is -3.32. The number of sulfonamides is 1. The van der Waals surface area contributed by atoms with Gasteiger partial charge in [-0.2, -0.15) is 13.2 Å². The molecule has 1 aliphatic rings. The molecule has 2 aromatic carbocycles. The molecule has 4 N–H and O–H groups in total. The number of anilines is 2. The number of hydrogen-bond acceptors (Lipinski definition) is 6. The summed E-state index contributed by atoms with van der Waals surface area (Å²) in [5, 5.41) is 13.2. The number of nitrogens with one attached hydrogen (secondary N) is 3. The summed E-state index contributed by atoms with van der Waals surface area (Å²) >= 11 is 0. The van der Waals surface area contributed by atoms with Crippen molar-refractivity contribution in [1.82, 2.24) is 10.6 Å². The Bertz CT molecular complexity index is 1220. The van der Waals surface area contributed by atoms with Crippen molar-refractivity contribution in [3.05, 3.63) is 53.6 Å². The second-order valence-corrected chi connectivity index (χ2v) is 11.2. The van der Waals surface area contributed by atoms with E-state index in [0.717, 1.165) is 37.4 Å². The highest BCUT2D eigenvalue weighted by molar-refractivity contribution is 7.92. The van der Waals surface area contributed by atoms with E-state index in [0.29, 0.717) is 17.8 Å². The average molecular weight is 559 g/mol. The average Bonchev–Trinajstić information content (AvgIpc) is 2.84. The molecule has 1 aliphatic heterocycles. The number of halogens is 3. The van der Waals surface area contributed by atoms with Crippen LogP contribution in [0, 0.1) is 0 Å². The van der Waals surface area contributed by atoms with Crippen molar-refractivity contribution in [2.45, 2.75) is 44.2 Å². The molecule has 0 spiro atoms. The molecular formula is C25H33F3N4O5S. The molecule has 0 unspecified atom stereocenters. The Morgan fingerprint density at radius 1 is 1.03 bits per heavy atom. The molecule has 38 heavy (non-hydrogen) atoms. The van der Waals surface area contributed by atoms with E-state index in [1.165, 1.54) is 0 Å². The lowest BCUT2D eigenvalue weighted by Crippen LogP contribution is -2.43. The minimum Gasteiger partial charge on any atom is -0.475 e. The third-order valence-electron chi connectivity index (χ3n) is 5.57.